The standard InChI is InChI=1S/C29H33N5O5S/c1-19(35)32-12-14-33(15-13-32)24(36)17-34-25(37)18-40-28(21-10-11-22(38-3)23(16-21)39-4)26-27(30-31(2)29(26)34)20-8-6-5-7-9-20/h5-11,16,28H,12-15,17-18H2,1-4H3. The van der Waals surface area contributed by atoms with Gasteiger partial charge < -0.3 is 19.3 Å². The molecule has 5 rings (SSSR count). The maximum Gasteiger partial charge on any atom is 0.242 e. The number of fused-ring (bicyclic) bond motifs is 1. The first-order valence-electron chi connectivity index (χ1n) is 13.1. The van der Waals surface area contributed by atoms with E-state index in [-0.39, 0.29) is 35.3 Å². The van der Waals surface area contributed by atoms with Gasteiger partial charge in [0.25, 0.3) is 0 Å². The molecule has 3 aromatic rings. The van der Waals surface area contributed by atoms with Crippen LogP contribution in [0.3, 0.4) is 0 Å². The molecule has 0 spiro atoms. The Hall–Kier alpha value is -3.99. The van der Waals surface area contributed by atoms with Crippen molar-refractivity contribution >= 4 is 35.3 Å². The Morgan fingerprint density at radius 3 is 2.30 bits per heavy atom. The van der Waals surface area contributed by atoms with Gasteiger partial charge in [-0.2, -0.15) is 5.10 Å². The van der Waals surface area contributed by atoms with Crippen molar-refractivity contribution < 1.29 is 23.9 Å². The predicted octanol–water partition coefficient (Wildman–Crippen LogP) is 2.96. The third kappa shape index (κ3) is 5.25. The number of hydrogen-bond acceptors (Lipinski definition) is 7. The van der Waals surface area contributed by atoms with Crippen LogP contribution in [0.2, 0.25) is 0 Å². The molecular formula is C29H33N5O5S. The smallest absolute Gasteiger partial charge is 0.242 e. The van der Waals surface area contributed by atoms with Gasteiger partial charge in [-0.05, 0) is 17.7 Å². The highest BCUT2D eigenvalue weighted by atomic mass is 32.2. The van der Waals surface area contributed by atoms with Crippen LogP contribution in [0.1, 0.15) is 23.3 Å². The van der Waals surface area contributed by atoms with Crippen molar-refractivity contribution in [2.24, 2.45) is 7.05 Å². The maximum absolute atomic E-state index is 13.6. The Balaban J connectivity index is 1.56. The van der Waals surface area contributed by atoms with Crippen LogP contribution in [0.5, 0.6) is 11.5 Å². The Morgan fingerprint density at radius 1 is 0.975 bits per heavy atom. The van der Waals surface area contributed by atoms with Crippen molar-refractivity contribution in [3.05, 3.63) is 59.7 Å². The summed E-state index contributed by atoms with van der Waals surface area (Å²) in [5.74, 6) is 1.69. The van der Waals surface area contributed by atoms with E-state index in [1.807, 2.05) is 55.6 Å². The zero-order valence-electron chi connectivity index (χ0n) is 23.1. The number of nitrogens with zero attached hydrogens (tertiary/aromatic N) is 5. The summed E-state index contributed by atoms with van der Waals surface area (Å²) in [5.41, 5.74) is 3.49. The van der Waals surface area contributed by atoms with E-state index in [4.69, 9.17) is 14.6 Å². The van der Waals surface area contributed by atoms with E-state index < -0.39 is 0 Å². The minimum Gasteiger partial charge on any atom is -0.493 e. The maximum atomic E-state index is 13.6. The number of benzene rings is 2. The van der Waals surface area contributed by atoms with Gasteiger partial charge in [-0.3, -0.25) is 24.0 Å². The molecular weight excluding hydrogens is 530 g/mol. The number of thioether (sulfide) groups is 1. The SMILES string of the molecule is COc1ccc(C2SCC(=O)N(CC(=O)N3CCN(C(C)=O)CC3)c3c2c(-c2ccccc2)nn3C)cc1OC. The summed E-state index contributed by atoms with van der Waals surface area (Å²) in [6, 6.07) is 15.6. The molecule has 3 heterocycles. The third-order valence-electron chi connectivity index (χ3n) is 7.37. The molecule has 40 heavy (non-hydrogen) atoms. The van der Waals surface area contributed by atoms with Crippen molar-refractivity contribution in [3.8, 4) is 22.8 Å². The van der Waals surface area contributed by atoms with E-state index in [0.29, 0.717) is 43.5 Å². The predicted molar refractivity (Wildman–Crippen MR) is 154 cm³/mol. The fraction of sp³-hybridized carbons (Fsp3) is 0.379. The summed E-state index contributed by atoms with van der Waals surface area (Å²) < 4.78 is 12.7. The molecule has 3 amide bonds. The number of amides is 3. The Kier molecular flexibility index (Phi) is 8.02. The van der Waals surface area contributed by atoms with Crippen molar-refractivity contribution in [1.82, 2.24) is 19.6 Å². The Morgan fingerprint density at radius 2 is 1.65 bits per heavy atom. The zero-order valence-corrected chi connectivity index (χ0v) is 23.9. The Bertz CT molecular complexity index is 1420. The van der Waals surface area contributed by atoms with Gasteiger partial charge in [0.15, 0.2) is 11.5 Å². The minimum atomic E-state index is -0.248. The minimum absolute atomic E-state index is 0.000918. The zero-order chi connectivity index (χ0) is 28.4. The van der Waals surface area contributed by atoms with Crippen LogP contribution in [0.15, 0.2) is 48.5 Å². The summed E-state index contributed by atoms with van der Waals surface area (Å²) in [7, 11) is 5.00. The van der Waals surface area contributed by atoms with Gasteiger partial charge >= 0.3 is 0 Å². The summed E-state index contributed by atoms with van der Waals surface area (Å²) in [5, 5.41) is 4.63. The van der Waals surface area contributed by atoms with Crippen LogP contribution in [0.25, 0.3) is 11.3 Å². The lowest BCUT2D eigenvalue weighted by Crippen LogP contribution is -2.53. The van der Waals surface area contributed by atoms with Gasteiger partial charge in [-0.25, -0.2) is 0 Å². The van der Waals surface area contributed by atoms with Gasteiger partial charge in [0.1, 0.15) is 12.4 Å². The number of methoxy groups -OCH3 is 2. The van der Waals surface area contributed by atoms with Crippen LogP contribution >= 0.6 is 11.8 Å². The first-order valence-corrected chi connectivity index (χ1v) is 14.2. The molecule has 2 aliphatic rings. The molecule has 210 valence electrons. The average molecular weight is 564 g/mol. The molecule has 0 saturated carbocycles. The van der Waals surface area contributed by atoms with Crippen LogP contribution in [0, 0.1) is 0 Å². The van der Waals surface area contributed by atoms with E-state index >= 15 is 0 Å². The highest BCUT2D eigenvalue weighted by Crippen LogP contribution is 2.48. The second-order valence-corrected chi connectivity index (χ2v) is 10.8. The molecule has 0 bridgehead atoms. The molecule has 1 fully saturated rings. The number of carbonyl (C=O) groups excluding carboxylic acids is 3. The van der Waals surface area contributed by atoms with E-state index in [9.17, 15) is 14.4 Å². The molecule has 0 radical (unpaired) electrons. The number of rotatable bonds is 6. The van der Waals surface area contributed by atoms with Crippen molar-refractivity contribution in [2.45, 2.75) is 12.2 Å². The topological polar surface area (TPSA) is 97.2 Å². The largest absolute Gasteiger partial charge is 0.493 e. The quantitative estimate of drug-likeness (QED) is 0.455. The summed E-state index contributed by atoms with van der Waals surface area (Å²) >= 11 is 1.50. The average Bonchev–Trinajstić information content (AvgIpc) is 3.24. The van der Waals surface area contributed by atoms with Gasteiger partial charge in [0.05, 0.1) is 30.9 Å². The van der Waals surface area contributed by atoms with Crippen LogP contribution in [0.4, 0.5) is 5.82 Å². The normalized spacial score (nSPS) is 17.4. The lowest BCUT2D eigenvalue weighted by atomic mass is 9.99. The monoisotopic (exact) mass is 563 g/mol. The van der Waals surface area contributed by atoms with Crippen molar-refractivity contribution in [1.29, 1.82) is 0 Å². The number of anilines is 1. The number of aryl methyl sites for hydroxylation is 1. The Labute approximate surface area is 237 Å². The van der Waals surface area contributed by atoms with Gasteiger partial charge in [-0.15, -0.1) is 11.8 Å². The molecule has 1 aromatic heterocycles. The van der Waals surface area contributed by atoms with Crippen molar-refractivity contribution in [3.63, 3.8) is 0 Å². The third-order valence-corrected chi connectivity index (χ3v) is 8.63. The number of piperazine rings is 1. The molecule has 1 saturated heterocycles. The summed E-state index contributed by atoms with van der Waals surface area (Å²) in [6.07, 6.45) is 0. The fourth-order valence-corrected chi connectivity index (χ4v) is 6.47. The van der Waals surface area contributed by atoms with Crippen LogP contribution in [-0.2, 0) is 21.4 Å². The van der Waals surface area contributed by atoms with E-state index in [1.165, 1.54) is 18.7 Å². The van der Waals surface area contributed by atoms with E-state index in [0.717, 1.165) is 22.4 Å². The summed E-state index contributed by atoms with van der Waals surface area (Å²) in [6.45, 7) is 3.30. The molecule has 2 aromatic carbocycles. The molecule has 0 aliphatic carbocycles. The first-order chi connectivity index (χ1) is 19.3. The first kappa shape index (κ1) is 27.6. The second-order valence-electron chi connectivity index (χ2n) is 9.75. The molecule has 1 unspecified atom stereocenters. The van der Waals surface area contributed by atoms with E-state index in [2.05, 4.69) is 0 Å². The van der Waals surface area contributed by atoms with E-state index in [1.54, 1.807) is 33.6 Å². The number of hydrogen-bond donors (Lipinski definition) is 0. The molecule has 10 nitrogen and oxygen atoms in total. The highest BCUT2D eigenvalue weighted by molar-refractivity contribution is 8.00. The molecule has 2 aliphatic heterocycles. The number of aromatic nitrogens is 2. The highest BCUT2D eigenvalue weighted by Gasteiger charge is 2.37. The lowest BCUT2D eigenvalue weighted by Gasteiger charge is -2.35. The summed E-state index contributed by atoms with van der Waals surface area (Å²) in [4.78, 5) is 43.9. The molecule has 1 atom stereocenters. The number of carbonyl (C=O) groups is 3. The fourth-order valence-electron chi connectivity index (χ4n) is 5.28. The molecule has 0 N–H and O–H groups in total. The lowest BCUT2D eigenvalue weighted by molar-refractivity contribution is -0.137. The van der Waals surface area contributed by atoms with Crippen molar-refractivity contribution in [2.75, 3.05) is 57.6 Å². The second kappa shape index (κ2) is 11.6. The van der Waals surface area contributed by atoms with Gasteiger partial charge in [0.2, 0.25) is 17.7 Å². The van der Waals surface area contributed by atoms with Crippen LogP contribution in [-0.4, -0.2) is 90.0 Å². The molecule has 11 heteroatoms. The van der Waals surface area contributed by atoms with Crippen LogP contribution < -0.4 is 14.4 Å². The van der Waals surface area contributed by atoms with Gasteiger partial charge in [0, 0.05) is 51.3 Å². The van der Waals surface area contributed by atoms with Gasteiger partial charge in [-0.1, -0.05) is 36.4 Å². The number of ether oxygens (including phenoxy) is 2.